The van der Waals surface area contributed by atoms with Crippen LogP contribution in [0.5, 0.6) is 5.75 Å². The number of fused-ring (bicyclic) bond motifs is 1. The molecule has 3 aromatic rings. The molecule has 3 rings (SSSR count). The van der Waals surface area contributed by atoms with Crippen molar-refractivity contribution >= 4 is 23.8 Å². The van der Waals surface area contributed by atoms with Crippen molar-refractivity contribution in [2.45, 2.75) is 33.2 Å². The highest BCUT2D eigenvalue weighted by Crippen LogP contribution is 2.37. The Morgan fingerprint density at radius 2 is 1.77 bits per heavy atom. The number of benzene rings is 2. The number of methoxy groups -OCH3 is 1. The fourth-order valence-electron chi connectivity index (χ4n) is 3.68. The van der Waals surface area contributed by atoms with Crippen LogP contribution < -0.4 is 10.0 Å². The van der Waals surface area contributed by atoms with Gasteiger partial charge in [0, 0.05) is 18.1 Å². The topological polar surface area (TPSA) is 71.7 Å². The van der Waals surface area contributed by atoms with Crippen molar-refractivity contribution in [1.82, 2.24) is 4.57 Å². The van der Waals surface area contributed by atoms with Crippen LogP contribution >= 0.6 is 7.60 Å². The molecule has 5 nitrogen and oxygen atoms in total. The summed E-state index contributed by atoms with van der Waals surface area (Å²) < 4.78 is 19.4. The average Bonchev–Trinajstić information content (AvgIpc) is 3.03. The smallest absolute Gasteiger partial charge is 0.356 e. The lowest BCUT2D eigenvalue weighted by Gasteiger charge is -2.18. The molecule has 0 aliphatic heterocycles. The van der Waals surface area contributed by atoms with Crippen LogP contribution in [0, 0.1) is 0 Å². The van der Waals surface area contributed by atoms with E-state index < -0.39 is 7.60 Å². The highest BCUT2D eigenvalue weighted by atomic mass is 31.2. The highest BCUT2D eigenvalue weighted by Gasteiger charge is 2.23. The molecule has 0 fully saturated rings. The van der Waals surface area contributed by atoms with E-state index in [0.717, 1.165) is 39.8 Å². The molecule has 1 aromatic heterocycles. The molecule has 0 radical (unpaired) electrons. The van der Waals surface area contributed by atoms with Gasteiger partial charge in [0.1, 0.15) is 5.75 Å². The highest BCUT2D eigenvalue weighted by molar-refractivity contribution is 7.60. The predicted molar refractivity (Wildman–Crippen MR) is 104 cm³/mol. The summed E-state index contributed by atoms with van der Waals surface area (Å²) in [4.78, 5) is 19.3. The molecule has 2 N–H and O–H groups in total. The number of hydrogen-bond acceptors (Lipinski definition) is 2. The lowest BCUT2D eigenvalue weighted by atomic mass is 9.97. The van der Waals surface area contributed by atoms with Gasteiger partial charge in [-0.1, -0.05) is 26.0 Å². The predicted octanol–water partition coefficient (Wildman–Crippen LogP) is 3.63. The van der Waals surface area contributed by atoms with E-state index in [1.807, 2.05) is 50.4 Å². The van der Waals surface area contributed by atoms with E-state index in [0.29, 0.717) is 13.0 Å². The summed E-state index contributed by atoms with van der Waals surface area (Å²) in [7, 11) is -2.61. The Hall–Kier alpha value is -2.07. The van der Waals surface area contributed by atoms with Gasteiger partial charge in [-0.3, -0.25) is 4.57 Å². The second-order valence-electron chi connectivity index (χ2n) is 6.29. The van der Waals surface area contributed by atoms with E-state index in [-0.39, 0.29) is 5.30 Å². The molecule has 1 heterocycles. The third-order valence-corrected chi connectivity index (χ3v) is 5.91. The Balaban J connectivity index is 2.10. The molecule has 0 spiro atoms. The molecule has 138 valence electrons. The quantitative estimate of drug-likeness (QED) is 0.648. The van der Waals surface area contributed by atoms with Crippen molar-refractivity contribution in [3.05, 3.63) is 59.3 Å². The summed E-state index contributed by atoms with van der Waals surface area (Å²) in [6.45, 7) is 4.61. The van der Waals surface area contributed by atoms with E-state index in [4.69, 9.17) is 4.74 Å². The molecular formula is C20H24NO4P. The Labute approximate surface area is 153 Å². The summed E-state index contributed by atoms with van der Waals surface area (Å²) in [5.74, 6) is 0.836. The zero-order valence-electron chi connectivity index (χ0n) is 15.3. The lowest BCUT2D eigenvalue weighted by Crippen LogP contribution is -2.16. The van der Waals surface area contributed by atoms with Gasteiger partial charge >= 0.3 is 7.60 Å². The van der Waals surface area contributed by atoms with Crippen molar-refractivity contribution < 1.29 is 19.1 Å². The van der Waals surface area contributed by atoms with Gasteiger partial charge in [-0.2, -0.15) is 0 Å². The van der Waals surface area contributed by atoms with Gasteiger partial charge in [0.05, 0.1) is 17.9 Å². The average molecular weight is 373 g/mol. The molecule has 0 amide bonds. The van der Waals surface area contributed by atoms with E-state index in [9.17, 15) is 14.4 Å². The van der Waals surface area contributed by atoms with Crippen molar-refractivity contribution in [3.63, 3.8) is 0 Å². The number of aromatic nitrogens is 1. The van der Waals surface area contributed by atoms with Crippen LogP contribution in [0.2, 0.25) is 0 Å². The fourth-order valence-corrected chi connectivity index (χ4v) is 4.59. The maximum atomic E-state index is 11.8. The molecule has 0 saturated carbocycles. The number of rotatable bonds is 6. The summed E-state index contributed by atoms with van der Waals surface area (Å²) in [6, 6.07) is 11.4. The first-order chi connectivity index (χ1) is 12.4. The van der Waals surface area contributed by atoms with Gasteiger partial charge in [0.25, 0.3) is 0 Å². The SMILES string of the molecule is CCc1c(Cn2ccc3c(OC)cccc32)ccc(P(=O)(O)O)c1CC. The monoisotopic (exact) mass is 373 g/mol. The third kappa shape index (κ3) is 3.30. The second kappa shape index (κ2) is 7.28. The number of nitrogens with zero attached hydrogens (tertiary/aromatic N) is 1. The fraction of sp³-hybridized carbons (Fsp3) is 0.300. The Morgan fingerprint density at radius 1 is 1.04 bits per heavy atom. The van der Waals surface area contributed by atoms with Gasteiger partial charge < -0.3 is 19.1 Å². The number of hydrogen-bond donors (Lipinski definition) is 2. The maximum Gasteiger partial charge on any atom is 0.356 e. The molecule has 0 atom stereocenters. The first-order valence-electron chi connectivity index (χ1n) is 8.72. The molecule has 0 bridgehead atoms. The van der Waals surface area contributed by atoms with E-state index >= 15 is 0 Å². The molecule has 0 aliphatic rings. The minimum absolute atomic E-state index is 0.152. The van der Waals surface area contributed by atoms with Crippen molar-refractivity contribution in [2.75, 3.05) is 7.11 Å². The second-order valence-corrected chi connectivity index (χ2v) is 7.86. The summed E-state index contributed by atoms with van der Waals surface area (Å²) in [6.07, 6.45) is 3.35. The van der Waals surface area contributed by atoms with Gasteiger partial charge in [0.15, 0.2) is 0 Å². The summed E-state index contributed by atoms with van der Waals surface area (Å²) >= 11 is 0. The van der Waals surface area contributed by atoms with Gasteiger partial charge in [-0.05, 0) is 53.8 Å². The van der Waals surface area contributed by atoms with Crippen LogP contribution in [0.25, 0.3) is 10.9 Å². The van der Waals surface area contributed by atoms with Crippen LogP contribution in [0.3, 0.4) is 0 Å². The Morgan fingerprint density at radius 3 is 2.38 bits per heavy atom. The molecule has 6 heteroatoms. The molecule has 0 aliphatic carbocycles. The van der Waals surface area contributed by atoms with Crippen molar-refractivity contribution in [3.8, 4) is 5.75 Å². The molecule has 2 aromatic carbocycles. The van der Waals surface area contributed by atoms with Crippen LogP contribution in [0.1, 0.15) is 30.5 Å². The molecular weight excluding hydrogens is 349 g/mol. The summed E-state index contributed by atoms with van der Waals surface area (Å²) in [5.41, 5.74) is 3.95. The summed E-state index contributed by atoms with van der Waals surface area (Å²) in [5, 5.41) is 1.20. The zero-order chi connectivity index (χ0) is 18.9. The zero-order valence-corrected chi connectivity index (χ0v) is 16.2. The first kappa shape index (κ1) is 18.7. The lowest BCUT2D eigenvalue weighted by molar-refractivity contribution is 0.387. The first-order valence-corrected chi connectivity index (χ1v) is 10.3. The number of ether oxygens (including phenoxy) is 1. The van der Waals surface area contributed by atoms with Gasteiger partial charge in [-0.15, -0.1) is 0 Å². The normalized spacial score (nSPS) is 11.9. The van der Waals surface area contributed by atoms with E-state index in [1.165, 1.54) is 0 Å². The van der Waals surface area contributed by atoms with Crippen LogP contribution in [-0.4, -0.2) is 21.5 Å². The standard InChI is InChI=1S/C20H24NO4P/c1-4-15-14(9-10-20(16(15)5-2)26(22,23)24)13-21-12-11-17-18(21)7-6-8-19(17)25-3/h6-12H,4-5,13H2,1-3H3,(H2,22,23,24). The molecule has 26 heavy (non-hydrogen) atoms. The largest absolute Gasteiger partial charge is 0.496 e. The van der Waals surface area contributed by atoms with Gasteiger partial charge in [0.2, 0.25) is 0 Å². The molecule has 0 unspecified atom stereocenters. The minimum atomic E-state index is -4.28. The van der Waals surface area contributed by atoms with E-state index in [2.05, 4.69) is 4.57 Å². The Bertz CT molecular complexity index is 987. The molecule has 0 saturated heterocycles. The maximum absolute atomic E-state index is 11.8. The minimum Gasteiger partial charge on any atom is -0.496 e. The van der Waals surface area contributed by atoms with E-state index in [1.54, 1.807) is 13.2 Å². The van der Waals surface area contributed by atoms with Crippen LogP contribution in [-0.2, 0) is 24.0 Å². The van der Waals surface area contributed by atoms with Gasteiger partial charge in [-0.25, -0.2) is 0 Å². The van der Waals surface area contributed by atoms with Crippen molar-refractivity contribution in [1.29, 1.82) is 0 Å². The van der Waals surface area contributed by atoms with Crippen LogP contribution in [0.4, 0.5) is 0 Å². The van der Waals surface area contributed by atoms with Crippen molar-refractivity contribution in [2.24, 2.45) is 0 Å². The third-order valence-electron chi connectivity index (χ3n) is 4.86. The Kier molecular flexibility index (Phi) is 5.24. The van der Waals surface area contributed by atoms with Crippen LogP contribution in [0.15, 0.2) is 42.6 Å².